The van der Waals surface area contributed by atoms with Gasteiger partial charge in [-0.1, -0.05) is 23.7 Å². The molecule has 1 N–H and O–H groups in total. The van der Waals surface area contributed by atoms with Crippen molar-refractivity contribution in [3.8, 4) is 5.75 Å². The summed E-state index contributed by atoms with van der Waals surface area (Å²) in [5.41, 5.74) is 1.99. The smallest absolute Gasteiger partial charge is 0.259 e. The van der Waals surface area contributed by atoms with E-state index in [9.17, 15) is 14.4 Å². The quantitative estimate of drug-likeness (QED) is 0.764. The van der Waals surface area contributed by atoms with E-state index in [0.717, 1.165) is 12.1 Å². The highest BCUT2D eigenvalue weighted by molar-refractivity contribution is 6.30. The molecule has 0 saturated carbocycles. The van der Waals surface area contributed by atoms with E-state index in [1.165, 1.54) is 18.1 Å². The van der Waals surface area contributed by atoms with Gasteiger partial charge in [-0.25, -0.2) is 0 Å². The lowest BCUT2D eigenvalue weighted by atomic mass is 10.1. The molecule has 0 aliphatic carbocycles. The van der Waals surface area contributed by atoms with Crippen molar-refractivity contribution in [3.63, 3.8) is 0 Å². The lowest BCUT2D eigenvalue weighted by Gasteiger charge is -2.28. The van der Waals surface area contributed by atoms with E-state index in [1.807, 2.05) is 24.3 Å². The second-order valence-corrected chi connectivity index (χ2v) is 8.19. The fourth-order valence-corrected chi connectivity index (χ4v) is 4.29. The van der Waals surface area contributed by atoms with Crippen LogP contribution in [0.5, 0.6) is 5.75 Å². The van der Waals surface area contributed by atoms with Crippen LogP contribution in [0.3, 0.4) is 0 Å². The summed E-state index contributed by atoms with van der Waals surface area (Å²) in [5, 5.41) is 3.42. The van der Waals surface area contributed by atoms with E-state index in [4.69, 9.17) is 16.3 Å². The molecule has 3 heterocycles. The van der Waals surface area contributed by atoms with Gasteiger partial charge in [-0.15, -0.1) is 0 Å². The number of fused-ring (bicyclic) bond motifs is 1. The van der Waals surface area contributed by atoms with Gasteiger partial charge in [0.15, 0.2) is 0 Å². The monoisotopic (exact) mass is 444 g/mol. The number of carbonyl (C=O) groups is 2. The maximum Gasteiger partial charge on any atom is 0.259 e. The number of benzene rings is 1. The molecule has 31 heavy (non-hydrogen) atoms. The molecule has 1 aromatic heterocycles. The second-order valence-electron chi connectivity index (χ2n) is 7.75. The Morgan fingerprint density at radius 3 is 2.61 bits per heavy atom. The average molecular weight is 445 g/mol. The lowest BCUT2D eigenvalue weighted by molar-refractivity contribution is -0.123. The maximum atomic E-state index is 13.3. The van der Waals surface area contributed by atoms with Gasteiger partial charge in [0.2, 0.25) is 5.91 Å². The number of pyridine rings is 1. The number of amides is 2. The summed E-state index contributed by atoms with van der Waals surface area (Å²) >= 11 is 5.98. The summed E-state index contributed by atoms with van der Waals surface area (Å²) in [6, 6.07) is 9.09. The molecule has 0 atom stereocenters. The van der Waals surface area contributed by atoms with Crippen LogP contribution in [-0.2, 0) is 24.3 Å². The average Bonchev–Trinajstić information content (AvgIpc) is 2.98. The van der Waals surface area contributed by atoms with Gasteiger partial charge in [-0.05, 0) is 17.7 Å². The first-order chi connectivity index (χ1) is 15.0. The van der Waals surface area contributed by atoms with Crippen LogP contribution in [0.1, 0.15) is 21.6 Å². The molecule has 1 aromatic carbocycles. The molecule has 0 spiro atoms. The Kier molecular flexibility index (Phi) is 6.29. The van der Waals surface area contributed by atoms with Gasteiger partial charge in [-0.3, -0.25) is 19.3 Å². The van der Waals surface area contributed by atoms with Gasteiger partial charge in [0.25, 0.3) is 11.5 Å². The summed E-state index contributed by atoms with van der Waals surface area (Å²) in [4.78, 5) is 41.7. The largest absolute Gasteiger partial charge is 0.496 e. The number of nitrogens with one attached hydrogen (secondary N) is 1. The summed E-state index contributed by atoms with van der Waals surface area (Å²) in [6.07, 6.45) is 0.529. The number of hydrogen-bond donors (Lipinski definition) is 1. The van der Waals surface area contributed by atoms with Crippen LogP contribution in [0.4, 0.5) is 0 Å². The van der Waals surface area contributed by atoms with Crippen molar-refractivity contribution in [2.75, 3.05) is 39.8 Å². The Balaban J connectivity index is 1.62. The molecule has 0 bridgehead atoms. The van der Waals surface area contributed by atoms with Crippen molar-refractivity contribution in [2.45, 2.75) is 19.5 Å². The number of piperazine rings is 1. The SMILES string of the molecule is COc1cc(=O)n2c(c1C(=O)N1CCNC(=O)C1)CCN(Cc1ccc(Cl)cc1)CC2. The van der Waals surface area contributed by atoms with Crippen molar-refractivity contribution >= 4 is 23.4 Å². The molecule has 164 valence electrons. The van der Waals surface area contributed by atoms with Crippen LogP contribution in [-0.4, -0.2) is 66.0 Å². The third-order valence-electron chi connectivity index (χ3n) is 5.76. The van der Waals surface area contributed by atoms with Crippen LogP contribution >= 0.6 is 11.6 Å². The van der Waals surface area contributed by atoms with Crippen molar-refractivity contribution in [1.29, 1.82) is 0 Å². The minimum Gasteiger partial charge on any atom is -0.496 e. The molecule has 2 amide bonds. The lowest BCUT2D eigenvalue weighted by Crippen LogP contribution is -2.50. The number of carbonyl (C=O) groups excluding carboxylic acids is 2. The van der Waals surface area contributed by atoms with Gasteiger partial charge in [-0.2, -0.15) is 0 Å². The summed E-state index contributed by atoms with van der Waals surface area (Å²) in [7, 11) is 1.45. The minimum absolute atomic E-state index is 0.00322. The van der Waals surface area contributed by atoms with E-state index in [0.29, 0.717) is 55.4 Å². The number of ether oxygens (including phenoxy) is 1. The van der Waals surface area contributed by atoms with E-state index in [1.54, 1.807) is 4.57 Å². The number of halogens is 1. The van der Waals surface area contributed by atoms with Crippen LogP contribution in [0.15, 0.2) is 35.1 Å². The zero-order valence-electron chi connectivity index (χ0n) is 17.4. The molecule has 0 radical (unpaired) electrons. The maximum absolute atomic E-state index is 13.3. The third-order valence-corrected chi connectivity index (χ3v) is 6.02. The fraction of sp³-hybridized carbons (Fsp3) is 0.409. The van der Waals surface area contributed by atoms with Crippen LogP contribution in [0.25, 0.3) is 0 Å². The molecule has 9 heteroatoms. The molecule has 1 fully saturated rings. The Bertz CT molecular complexity index is 1050. The fourth-order valence-electron chi connectivity index (χ4n) is 4.16. The van der Waals surface area contributed by atoms with Gasteiger partial charge < -0.3 is 19.5 Å². The number of aromatic nitrogens is 1. The van der Waals surface area contributed by atoms with E-state index < -0.39 is 0 Å². The van der Waals surface area contributed by atoms with Crippen molar-refractivity contribution in [3.05, 3.63) is 62.5 Å². The number of methoxy groups -OCH3 is 1. The number of nitrogens with zero attached hydrogens (tertiary/aromatic N) is 3. The molecular formula is C22H25ClN4O4. The standard InChI is InChI=1S/C22H25ClN4O4/c1-31-18-12-20(29)27-11-10-25(13-15-2-4-16(23)5-3-15)8-6-17(27)21(18)22(30)26-9-7-24-19(28)14-26/h2-5,12H,6-11,13-14H2,1H3,(H,24,28). The first kappa shape index (κ1) is 21.4. The van der Waals surface area contributed by atoms with Crippen LogP contribution in [0.2, 0.25) is 5.02 Å². The highest BCUT2D eigenvalue weighted by Gasteiger charge is 2.30. The highest BCUT2D eigenvalue weighted by atomic mass is 35.5. The molecule has 2 aliphatic rings. The second kappa shape index (κ2) is 9.11. The molecule has 4 rings (SSSR count). The third kappa shape index (κ3) is 4.60. The van der Waals surface area contributed by atoms with E-state index >= 15 is 0 Å². The Hall–Kier alpha value is -2.84. The predicted octanol–water partition coefficient (Wildman–Crippen LogP) is 1.14. The Morgan fingerprint density at radius 2 is 1.90 bits per heavy atom. The van der Waals surface area contributed by atoms with Crippen LogP contribution < -0.4 is 15.6 Å². The van der Waals surface area contributed by atoms with Gasteiger partial charge in [0.05, 0.1) is 13.7 Å². The summed E-state index contributed by atoms with van der Waals surface area (Å²) < 4.78 is 7.09. The van der Waals surface area contributed by atoms with E-state index in [-0.39, 0.29) is 29.7 Å². The van der Waals surface area contributed by atoms with Crippen molar-refractivity contribution in [2.24, 2.45) is 0 Å². The minimum atomic E-state index is -0.276. The summed E-state index contributed by atoms with van der Waals surface area (Å²) in [6.45, 7) is 3.42. The Morgan fingerprint density at radius 1 is 1.13 bits per heavy atom. The van der Waals surface area contributed by atoms with Crippen molar-refractivity contribution in [1.82, 2.24) is 19.7 Å². The van der Waals surface area contributed by atoms with Gasteiger partial charge in [0.1, 0.15) is 11.3 Å². The van der Waals surface area contributed by atoms with Crippen LogP contribution in [0, 0.1) is 0 Å². The molecule has 2 aliphatic heterocycles. The topological polar surface area (TPSA) is 83.9 Å². The predicted molar refractivity (Wildman–Crippen MR) is 117 cm³/mol. The van der Waals surface area contributed by atoms with Gasteiger partial charge >= 0.3 is 0 Å². The zero-order chi connectivity index (χ0) is 22.0. The first-order valence-corrected chi connectivity index (χ1v) is 10.7. The zero-order valence-corrected chi connectivity index (χ0v) is 18.2. The van der Waals surface area contributed by atoms with E-state index in [2.05, 4.69) is 10.2 Å². The number of hydrogen-bond acceptors (Lipinski definition) is 5. The van der Waals surface area contributed by atoms with Gasteiger partial charge in [0, 0.05) is 62.5 Å². The molecule has 2 aromatic rings. The summed E-state index contributed by atoms with van der Waals surface area (Å²) in [5.74, 6) is -0.202. The van der Waals surface area contributed by atoms with Crippen molar-refractivity contribution < 1.29 is 14.3 Å². The number of rotatable bonds is 4. The first-order valence-electron chi connectivity index (χ1n) is 10.3. The normalized spacial score (nSPS) is 17.0. The molecule has 8 nitrogen and oxygen atoms in total. The highest BCUT2D eigenvalue weighted by Crippen LogP contribution is 2.25. The molecule has 0 unspecified atom stereocenters. The Labute approximate surface area is 185 Å². The molecule has 1 saturated heterocycles. The molecular weight excluding hydrogens is 420 g/mol.